The zero-order valence-electron chi connectivity index (χ0n) is 9.24. The Morgan fingerprint density at radius 2 is 2.38 bits per heavy atom. The van der Waals surface area contributed by atoms with Gasteiger partial charge in [-0.3, -0.25) is 0 Å². The molecule has 1 heterocycles. The molecule has 0 bridgehead atoms. The van der Waals surface area contributed by atoms with Crippen molar-refractivity contribution in [1.82, 2.24) is 4.98 Å². The minimum absolute atomic E-state index is 0.0512. The van der Waals surface area contributed by atoms with Gasteiger partial charge in [-0.25, -0.2) is 14.4 Å². The third-order valence-corrected chi connectivity index (χ3v) is 2.35. The molecule has 5 heteroatoms. The zero-order valence-corrected chi connectivity index (χ0v) is 10.00. The molecule has 3 nitrogen and oxygen atoms in total. The van der Waals surface area contributed by atoms with E-state index >= 15 is 0 Å². The molecule has 0 spiro atoms. The lowest BCUT2D eigenvalue weighted by Crippen LogP contribution is -2.11. The van der Waals surface area contributed by atoms with Gasteiger partial charge in [-0.15, -0.1) is 0 Å². The van der Waals surface area contributed by atoms with Gasteiger partial charge in [-0.05, 0) is 25.0 Å². The molecule has 0 aliphatic heterocycles. The molecule has 0 radical (unpaired) electrons. The third kappa shape index (κ3) is 2.58. The van der Waals surface area contributed by atoms with Crippen molar-refractivity contribution in [3.8, 4) is 0 Å². The van der Waals surface area contributed by atoms with Gasteiger partial charge in [-0.2, -0.15) is 5.10 Å². The summed E-state index contributed by atoms with van der Waals surface area (Å²) >= 11 is 5.91. The maximum Gasteiger partial charge on any atom is 0.191 e. The highest BCUT2D eigenvalue weighted by atomic mass is 35.5. The van der Waals surface area contributed by atoms with Crippen LogP contribution in [0.15, 0.2) is 23.4 Å². The van der Waals surface area contributed by atoms with Crippen molar-refractivity contribution in [3.63, 3.8) is 0 Å². The first kappa shape index (κ1) is 12.6. The van der Waals surface area contributed by atoms with Crippen LogP contribution in [0.4, 0.5) is 10.2 Å². The summed E-state index contributed by atoms with van der Waals surface area (Å²) in [6.45, 7) is 7.02. The highest BCUT2D eigenvalue weighted by molar-refractivity contribution is 6.30. The highest BCUT2D eigenvalue weighted by Gasteiger charge is 2.13. The lowest BCUT2D eigenvalue weighted by Gasteiger charge is -2.14. The van der Waals surface area contributed by atoms with E-state index in [4.69, 9.17) is 11.6 Å². The number of allylic oxidation sites excluding steroid dienone is 1. The molecule has 0 fully saturated rings. The summed E-state index contributed by atoms with van der Waals surface area (Å²) in [6, 6.07) is 1.37. The smallest absolute Gasteiger partial charge is 0.191 e. The molecule has 0 aliphatic rings. The number of nitrogens with zero attached hydrogens (tertiary/aromatic N) is 3. The van der Waals surface area contributed by atoms with Crippen LogP contribution in [-0.4, -0.2) is 11.7 Å². The van der Waals surface area contributed by atoms with E-state index in [-0.39, 0.29) is 11.0 Å². The summed E-state index contributed by atoms with van der Waals surface area (Å²) in [5.41, 5.74) is 0.674. The van der Waals surface area contributed by atoms with Crippen LogP contribution in [0.5, 0.6) is 0 Å². The van der Waals surface area contributed by atoms with Crippen LogP contribution in [0, 0.1) is 5.82 Å². The molecule has 0 saturated carbocycles. The Balaban J connectivity index is 3.23. The molecule has 0 atom stereocenters. The van der Waals surface area contributed by atoms with Crippen molar-refractivity contribution >= 4 is 24.1 Å². The molecule has 1 aromatic heterocycles. The molecule has 0 N–H and O–H groups in total. The SMILES string of the molecule is C=NN(/C=C\C)c1nc(Cl)c(CC)cc1F. The van der Waals surface area contributed by atoms with Gasteiger partial charge in [0.25, 0.3) is 0 Å². The van der Waals surface area contributed by atoms with Crippen LogP contribution in [-0.2, 0) is 6.42 Å². The normalized spacial score (nSPS) is 10.8. The fraction of sp³-hybridized carbons (Fsp3) is 0.273. The van der Waals surface area contributed by atoms with Gasteiger partial charge in [-0.1, -0.05) is 24.6 Å². The number of anilines is 1. The summed E-state index contributed by atoms with van der Waals surface area (Å²) in [7, 11) is 0. The van der Waals surface area contributed by atoms with Gasteiger partial charge >= 0.3 is 0 Å². The van der Waals surface area contributed by atoms with Crippen LogP contribution in [0.1, 0.15) is 19.4 Å². The monoisotopic (exact) mass is 241 g/mol. The van der Waals surface area contributed by atoms with E-state index < -0.39 is 5.82 Å². The lowest BCUT2D eigenvalue weighted by atomic mass is 10.2. The molecule has 0 aliphatic carbocycles. The Hall–Kier alpha value is -1.42. The van der Waals surface area contributed by atoms with Crippen LogP contribution in [0.3, 0.4) is 0 Å². The van der Waals surface area contributed by atoms with Crippen molar-refractivity contribution in [3.05, 3.63) is 34.9 Å². The fourth-order valence-electron chi connectivity index (χ4n) is 1.23. The van der Waals surface area contributed by atoms with Crippen LogP contribution >= 0.6 is 11.6 Å². The first-order chi connectivity index (χ1) is 7.63. The second-order valence-electron chi connectivity index (χ2n) is 3.07. The summed E-state index contributed by atoms with van der Waals surface area (Å²) < 4.78 is 13.7. The van der Waals surface area contributed by atoms with Gasteiger partial charge < -0.3 is 0 Å². The summed E-state index contributed by atoms with van der Waals surface area (Å²) in [6.07, 6.45) is 3.89. The van der Waals surface area contributed by atoms with Gasteiger partial charge in [0.1, 0.15) is 5.15 Å². The first-order valence-electron chi connectivity index (χ1n) is 4.87. The summed E-state index contributed by atoms with van der Waals surface area (Å²) in [5, 5.41) is 5.17. The number of hydrogen-bond acceptors (Lipinski definition) is 3. The van der Waals surface area contributed by atoms with Crippen molar-refractivity contribution in [1.29, 1.82) is 0 Å². The second kappa shape index (κ2) is 5.61. The number of hydrazone groups is 1. The molecule has 16 heavy (non-hydrogen) atoms. The van der Waals surface area contributed by atoms with E-state index in [2.05, 4.69) is 16.8 Å². The second-order valence-corrected chi connectivity index (χ2v) is 3.42. The quantitative estimate of drug-likeness (QED) is 0.459. The topological polar surface area (TPSA) is 28.5 Å². The zero-order chi connectivity index (χ0) is 12.1. The molecule has 0 unspecified atom stereocenters. The van der Waals surface area contributed by atoms with E-state index in [1.807, 2.05) is 6.92 Å². The summed E-state index contributed by atoms with van der Waals surface area (Å²) in [4.78, 5) is 3.96. The predicted octanol–water partition coefficient (Wildman–Crippen LogP) is 3.39. The van der Waals surface area contributed by atoms with Crippen LogP contribution in [0.2, 0.25) is 5.15 Å². The van der Waals surface area contributed by atoms with E-state index in [1.165, 1.54) is 11.1 Å². The molecule has 1 rings (SSSR count). The molecular formula is C11H13ClFN3. The minimum atomic E-state index is -0.466. The van der Waals surface area contributed by atoms with Crippen molar-refractivity contribution in [2.24, 2.45) is 5.10 Å². The Bertz CT molecular complexity index is 418. The largest absolute Gasteiger partial charge is 0.221 e. The average molecular weight is 242 g/mol. The Labute approximate surface area is 99.2 Å². The van der Waals surface area contributed by atoms with E-state index in [0.29, 0.717) is 12.0 Å². The standard InChI is InChI=1S/C11H13ClFN3/c1-4-6-16(14-3)11-9(13)7-8(5-2)10(12)15-11/h4,6-7H,3,5H2,1-2H3/b6-4-. The number of hydrogen-bond donors (Lipinski definition) is 0. The molecular weight excluding hydrogens is 229 g/mol. The Kier molecular flexibility index (Phi) is 4.43. The van der Waals surface area contributed by atoms with Crippen molar-refractivity contribution < 1.29 is 4.39 Å². The van der Waals surface area contributed by atoms with Gasteiger partial charge in [0.2, 0.25) is 0 Å². The fourth-order valence-corrected chi connectivity index (χ4v) is 1.50. The Morgan fingerprint density at radius 1 is 1.69 bits per heavy atom. The maximum absolute atomic E-state index is 13.7. The van der Waals surface area contributed by atoms with Crippen LogP contribution < -0.4 is 5.01 Å². The van der Waals surface area contributed by atoms with Gasteiger partial charge in [0, 0.05) is 12.9 Å². The van der Waals surface area contributed by atoms with Gasteiger partial charge in [0.05, 0.1) is 0 Å². The average Bonchev–Trinajstić information content (AvgIpc) is 2.28. The van der Waals surface area contributed by atoms with Crippen LogP contribution in [0.25, 0.3) is 0 Å². The number of aryl methyl sites for hydroxylation is 1. The Morgan fingerprint density at radius 3 is 2.88 bits per heavy atom. The molecule has 0 aromatic carbocycles. The van der Waals surface area contributed by atoms with E-state index in [1.54, 1.807) is 19.2 Å². The molecule has 86 valence electrons. The molecule has 0 saturated heterocycles. The highest BCUT2D eigenvalue weighted by Crippen LogP contribution is 2.24. The molecule has 1 aromatic rings. The third-order valence-electron chi connectivity index (χ3n) is 2.02. The van der Waals surface area contributed by atoms with Crippen molar-refractivity contribution in [2.75, 3.05) is 5.01 Å². The number of aromatic nitrogens is 1. The number of pyridine rings is 1. The van der Waals surface area contributed by atoms with Crippen molar-refractivity contribution in [2.45, 2.75) is 20.3 Å². The van der Waals surface area contributed by atoms with Gasteiger partial charge in [0.15, 0.2) is 11.6 Å². The lowest BCUT2D eigenvalue weighted by molar-refractivity contribution is 0.616. The number of halogens is 2. The van der Waals surface area contributed by atoms with E-state index in [9.17, 15) is 4.39 Å². The minimum Gasteiger partial charge on any atom is -0.221 e. The predicted molar refractivity (Wildman–Crippen MR) is 65.4 cm³/mol. The maximum atomic E-state index is 13.7. The van der Waals surface area contributed by atoms with E-state index in [0.717, 1.165) is 0 Å². The molecule has 0 amide bonds. The summed E-state index contributed by atoms with van der Waals surface area (Å²) in [5.74, 6) is -0.415. The first-order valence-corrected chi connectivity index (χ1v) is 5.25. The number of rotatable bonds is 4.